The molecule has 0 heterocycles. The van der Waals surface area contributed by atoms with Gasteiger partial charge in [0.15, 0.2) is 11.5 Å². The summed E-state index contributed by atoms with van der Waals surface area (Å²) in [5, 5.41) is 12.5. The number of benzene rings is 2. The molecule has 1 unspecified atom stereocenters. The van der Waals surface area contributed by atoms with Crippen molar-refractivity contribution >= 4 is 0 Å². The van der Waals surface area contributed by atoms with Crippen LogP contribution in [0.25, 0.3) is 0 Å². The number of ether oxygens (including phenoxy) is 2. The molecule has 0 saturated heterocycles. The second-order valence-electron chi connectivity index (χ2n) is 5.49. The molecule has 1 atom stereocenters. The van der Waals surface area contributed by atoms with E-state index in [0.29, 0.717) is 25.3 Å². The van der Waals surface area contributed by atoms with Crippen LogP contribution in [0.4, 0.5) is 0 Å². The molecular formula is C20H24N2O2. The normalized spacial score (nSPS) is 11.6. The van der Waals surface area contributed by atoms with Crippen molar-refractivity contribution in [2.24, 2.45) is 0 Å². The zero-order chi connectivity index (χ0) is 17.4. The van der Waals surface area contributed by atoms with Crippen LogP contribution in [0.2, 0.25) is 0 Å². The smallest absolute Gasteiger partial charge is 0.161 e. The molecule has 4 nitrogen and oxygen atoms in total. The van der Waals surface area contributed by atoms with Crippen LogP contribution in [-0.2, 0) is 6.54 Å². The number of nitrogens with one attached hydrogen (secondary N) is 1. The Kier molecular flexibility index (Phi) is 6.65. The van der Waals surface area contributed by atoms with E-state index in [1.807, 2.05) is 50.2 Å². The van der Waals surface area contributed by atoms with Gasteiger partial charge in [0.1, 0.15) is 0 Å². The molecule has 0 aliphatic heterocycles. The molecule has 126 valence electrons. The van der Waals surface area contributed by atoms with Crippen molar-refractivity contribution < 1.29 is 9.47 Å². The number of rotatable bonds is 8. The molecule has 0 fully saturated rings. The summed E-state index contributed by atoms with van der Waals surface area (Å²) in [7, 11) is 0. The predicted octanol–water partition coefficient (Wildman–Crippen LogP) is 4.21. The topological polar surface area (TPSA) is 54.3 Å². The lowest BCUT2D eigenvalue weighted by Gasteiger charge is -2.17. The Hall–Kier alpha value is -2.51. The first-order valence-corrected chi connectivity index (χ1v) is 8.29. The average Bonchev–Trinajstić information content (AvgIpc) is 2.61. The number of hydrogen-bond acceptors (Lipinski definition) is 4. The van der Waals surface area contributed by atoms with Crippen molar-refractivity contribution in [3.8, 4) is 17.6 Å². The summed E-state index contributed by atoms with van der Waals surface area (Å²) in [4.78, 5) is 0. The fourth-order valence-corrected chi connectivity index (χ4v) is 2.48. The second kappa shape index (κ2) is 8.95. The van der Waals surface area contributed by atoms with E-state index in [0.717, 1.165) is 22.6 Å². The molecule has 24 heavy (non-hydrogen) atoms. The van der Waals surface area contributed by atoms with Crippen molar-refractivity contribution in [1.82, 2.24) is 5.32 Å². The van der Waals surface area contributed by atoms with Gasteiger partial charge in [-0.1, -0.05) is 18.2 Å². The van der Waals surface area contributed by atoms with Crippen molar-refractivity contribution in [2.75, 3.05) is 13.2 Å². The Bertz CT molecular complexity index is 707. The molecule has 2 aromatic carbocycles. The maximum absolute atomic E-state index is 8.97. The van der Waals surface area contributed by atoms with Gasteiger partial charge >= 0.3 is 0 Å². The molecule has 0 bridgehead atoms. The third-order valence-electron chi connectivity index (χ3n) is 3.74. The molecule has 0 aliphatic rings. The van der Waals surface area contributed by atoms with Crippen molar-refractivity contribution in [1.29, 1.82) is 5.26 Å². The standard InChI is InChI=1S/C20H24N2O2/c1-4-23-19-10-9-18(12-20(19)24-5-2)15(3)22-14-17-8-6-7-16(11-17)13-21/h6-12,15,22H,4-5,14H2,1-3H3. The first-order valence-electron chi connectivity index (χ1n) is 8.29. The Morgan fingerprint density at radius 1 is 1.04 bits per heavy atom. The highest BCUT2D eigenvalue weighted by molar-refractivity contribution is 5.44. The molecule has 2 rings (SSSR count). The van der Waals surface area contributed by atoms with Gasteiger partial charge < -0.3 is 14.8 Å². The summed E-state index contributed by atoms with van der Waals surface area (Å²) in [5.41, 5.74) is 2.91. The summed E-state index contributed by atoms with van der Waals surface area (Å²) >= 11 is 0. The molecule has 0 radical (unpaired) electrons. The molecule has 0 aromatic heterocycles. The first kappa shape index (κ1) is 17.8. The van der Waals surface area contributed by atoms with Gasteiger partial charge in [0.2, 0.25) is 0 Å². The van der Waals surface area contributed by atoms with E-state index in [1.165, 1.54) is 0 Å². The van der Waals surface area contributed by atoms with E-state index in [9.17, 15) is 0 Å². The molecule has 1 N–H and O–H groups in total. The van der Waals surface area contributed by atoms with Crippen LogP contribution in [0.3, 0.4) is 0 Å². The zero-order valence-electron chi connectivity index (χ0n) is 14.5. The largest absolute Gasteiger partial charge is 0.490 e. The predicted molar refractivity (Wildman–Crippen MR) is 95.2 cm³/mol. The summed E-state index contributed by atoms with van der Waals surface area (Å²) in [6.07, 6.45) is 0. The minimum Gasteiger partial charge on any atom is -0.490 e. The van der Waals surface area contributed by atoms with Gasteiger partial charge in [-0.15, -0.1) is 0 Å². The highest BCUT2D eigenvalue weighted by Crippen LogP contribution is 2.30. The SMILES string of the molecule is CCOc1ccc(C(C)NCc2cccc(C#N)c2)cc1OCC. The van der Waals surface area contributed by atoms with Crippen LogP contribution in [0.5, 0.6) is 11.5 Å². The lowest BCUT2D eigenvalue weighted by molar-refractivity contribution is 0.287. The molecular weight excluding hydrogens is 300 g/mol. The lowest BCUT2D eigenvalue weighted by Crippen LogP contribution is -2.18. The van der Waals surface area contributed by atoms with Crippen molar-refractivity contribution in [2.45, 2.75) is 33.4 Å². The van der Waals surface area contributed by atoms with Crippen LogP contribution >= 0.6 is 0 Å². The van der Waals surface area contributed by atoms with Gasteiger partial charge in [0, 0.05) is 12.6 Å². The Morgan fingerprint density at radius 3 is 2.50 bits per heavy atom. The van der Waals surface area contributed by atoms with Crippen LogP contribution in [-0.4, -0.2) is 13.2 Å². The van der Waals surface area contributed by atoms with Crippen LogP contribution in [0.15, 0.2) is 42.5 Å². The highest BCUT2D eigenvalue weighted by Gasteiger charge is 2.11. The van der Waals surface area contributed by atoms with E-state index in [2.05, 4.69) is 24.4 Å². The third-order valence-corrected chi connectivity index (χ3v) is 3.74. The van der Waals surface area contributed by atoms with E-state index >= 15 is 0 Å². The third kappa shape index (κ3) is 4.74. The number of nitrogens with zero attached hydrogens (tertiary/aromatic N) is 1. The Labute approximate surface area is 144 Å². The van der Waals surface area contributed by atoms with Crippen LogP contribution in [0.1, 0.15) is 43.5 Å². The fraction of sp³-hybridized carbons (Fsp3) is 0.350. The van der Waals surface area contributed by atoms with Gasteiger partial charge in [-0.25, -0.2) is 0 Å². The monoisotopic (exact) mass is 324 g/mol. The van der Waals surface area contributed by atoms with Gasteiger partial charge in [0.25, 0.3) is 0 Å². The lowest BCUT2D eigenvalue weighted by atomic mass is 10.1. The van der Waals surface area contributed by atoms with Crippen molar-refractivity contribution in [3.05, 3.63) is 59.2 Å². The van der Waals surface area contributed by atoms with Crippen LogP contribution < -0.4 is 14.8 Å². The second-order valence-corrected chi connectivity index (χ2v) is 5.49. The Morgan fingerprint density at radius 2 is 1.79 bits per heavy atom. The molecule has 0 amide bonds. The summed E-state index contributed by atoms with van der Waals surface area (Å²) < 4.78 is 11.3. The molecule has 4 heteroatoms. The van der Waals surface area contributed by atoms with Gasteiger partial charge in [-0.2, -0.15) is 5.26 Å². The number of hydrogen-bond donors (Lipinski definition) is 1. The summed E-state index contributed by atoms with van der Waals surface area (Å²) in [6, 6.07) is 16.0. The zero-order valence-corrected chi connectivity index (χ0v) is 14.5. The van der Waals surface area contributed by atoms with Crippen molar-refractivity contribution in [3.63, 3.8) is 0 Å². The van der Waals surface area contributed by atoms with Gasteiger partial charge in [-0.3, -0.25) is 0 Å². The van der Waals surface area contributed by atoms with Gasteiger partial charge in [0.05, 0.1) is 24.8 Å². The molecule has 0 spiro atoms. The minimum atomic E-state index is 0.158. The molecule has 0 saturated carbocycles. The summed E-state index contributed by atoms with van der Waals surface area (Å²) in [6.45, 7) is 7.96. The van der Waals surface area contributed by atoms with E-state index in [1.54, 1.807) is 0 Å². The first-order chi connectivity index (χ1) is 11.7. The maximum atomic E-state index is 8.97. The molecule has 2 aromatic rings. The van der Waals surface area contributed by atoms with Crippen LogP contribution in [0, 0.1) is 11.3 Å². The average molecular weight is 324 g/mol. The quantitative estimate of drug-likeness (QED) is 0.790. The van der Waals surface area contributed by atoms with E-state index in [4.69, 9.17) is 14.7 Å². The minimum absolute atomic E-state index is 0.158. The summed E-state index contributed by atoms with van der Waals surface area (Å²) in [5.74, 6) is 1.55. The highest BCUT2D eigenvalue weighted by atomic mass is 16.5. The molecule has 0 aliphatic carbocycles. The van der Waals surface area contributed by atoms with E-state index in [-0.39, 0.29) is 6.04 Å². The fourth-order valence-electron chi connectivity index (χ4n) is 2.48. The number of nitriles is 1. The van der Waals surface area contributed by atoms with E-state index < -0.39 is 0 Å². The maximum Gasteiger partial charge on any atom is 0.161 e. The Balaban J connectivity index is 2.07. The van der Waals surface area contributed by atoms with Gasteiger partial charge in [-0.05, 0) is 56.2 Å².